The first-order valence-electron chi connectivity index (χ1n) is 14.4. The van der Waals surface area contributed by atoms with Crippen molar-refractivity contribution in [2.75, 3.05) is 48.4 Å². The molecule has 10 nitrogen and oxygen atoms in total. The molecule has 6 rings (SSSR count). The standard InChI is InChI=1S/C31H32F2N6O4S/c1-3-43-26-16-21(23-6-4-7-25(27(23)33)38-44(40,41)13-5-9-32)15-24-28(26)36-30(22-14-20-8-10-34-29(20)35-17-22)37-31(24)39-11-12-42-18-19(39)2/h4,6-8,10,14-17,19,38H,3,5,9,11-13,18H2,1-2H3,(H,34,35). The number of rotatable bonds is 10. The van der Waals surface area contributed by atoms with Crippen LogP contribution >= 0.6 is 0 Å². The Morgan fingerprint density at radius 1 is 1.18 bits per heavy atom. The number of pyridine rings is 1. The van der Waals surface area contributed by atoms with Crippen LogP contribution in [0.25, 0.3) is 44.5 Å². The Hall–Kier alpha value is -4.36. The summed E-state index contributed by atoms with van der Waals surface area (Å²) < 4.78 is 67.4. The molecule has 1 fully saturated rings. The van der Waals surface area contributed by atoms with Crippen molar-refractivity contribution >= 4 is 43.5 Å². The van der Waals surface area contributed by atoms with Crippen molar-refractivity contribution in [1.82, 2.24) is 19.9 Å². The van der Waals surface area contributed by atoms with Gasteiger partial charge in [0, 0.05) is 40.8 Å². The zero-order chi connectivity index (χ0) is 30.8. The molecule has 4 heterocycles. The minimum Gasteiger partial charge on any atom is -0.492 e. The van der Waals surface area contributed by atoms with Crippen LogP contribution in [0.15, 0.2) is 54.9 Å². The fourth-order valence-corrected chi connectivity index (χ4v) is 6.44. The van der Waals surface area contributed by atoms with Gasteiger partial charge in [-0.15, -0.1) is 0 Å². The van der Waals surface area contributed by atoms with Gasteiger partial charge in [-0.1, -0.05) is 12.1 Å². The van der Waals surface area contributed by atoms with Crippen LogP contribution in [0.2, 0.25) is 0 Å². The highest BCUT2D eigenvalue weighted by molar-refractivity contribution is 7.92. The van der Waals surface area contributed by atoms with Crippen molar-refractivity contribution in [3.8, 4) is 28.3 Å². The predicted molar refractivity (Wildman–Crippen MR) is 167 cm³/mol. The predicted octanol–water partition coefficient (Wildman–Crippen LogP) is 5.70. The van der Waals surface area contributed by atoms with Crippen LogP contribution in [0.1, 0.15) is 20.3 Å². The lowest BCUT2D eigenvalue weighted by atomic mass is 10.0. The van der Waals surface area contributed by atoms with Crippen molar-refractivity contribution in [3.63, 3.8) is 0 Å². The number of nitrogens with one attached hydrogen (secondary N) is 2. The quantitative estimate of drug-likeness (QED) is 0.203. The van der Waals surface area contributed by atoms with Gasteiger partial charge in [0.15, 0.2) is 11.6 Å². The summed E-state index contributed by atoms with van der Waals surface area (Å²) in [6.45, 7) is 5.05. The number of alkyl halides is 1. The number of hydrogen-bond donors (Lipinski definition) is 2. The van der Waals surface area contributed by atoms with Gasteiger partial charge in [0.25, 0.3) is 0 Å². The highest BCUT2D eigenvalue weighted by atomic mass is 32.2. The number of aromatic amines is 1. The molecule has 5 aromatic rings. The molecule has 0 amide bonds. The third-order valence-electron chi connectivity index (χ3n) is 7.47. The minimum absolute atomic E-state index is 0.00188. The van der Waals surface area contributed by atoms with E-state index in [0.717, 1.165) is 16.6 Å². The Balaban J connectivity index is 1.54. The maximum atomic E-state index is 15.9. The van der Waals surface area contributed by atoms with E-state index in [-0.39, 0.29) is 23.7 Å². The van der Waals surface area contributed by atoms with E-state index in [2.05, 4.69) is 19.6 Å². The van der Waals surface area contributed by atoms with Crippen LogP contribution in [-0.4, -0.2) is 73.2 Å². The molecule has 0 spiro atoms. The van der Waals surface area contributed by atoms with Crippen LogP contribution < -0.4 is 14.4 Å². The molecule has 2 N–H and O–H groups in total. The summed E-state index contributed by atoms with van der Waals surface area (Å²) >= 11 is 0. The number of fused-ring (bicyclic) bond motifs is 2. The topological polar surface area (TPSA) is 122 Å². The van der Waals surface area contributed by atoms with Crippen LogP contribution in [0.4, 0.5) is 20.3 Å². The van der Waals surface area contributed by atoms with Gasteiger partial charge in [-0.2, -0.15) is 0 Å². The summed E-state index contributed by atoms with van der Waals surface area (Å²) in [5, 5.41) is 1.57. The Bertz CT molecular complexity index is 1930. The summed E-state index contributed by atoms with van der Waals surface area (Å²) in [5.41, 5.74) is 2.42. The number of hydrogen-bond acceptors (Lipinski definition) is 8. The largest absolute Gasteiger partial charge is 0.492 e. The Morgan fingerprint density at radius 3 is 2.84 bits per heavy atom. The van der Waals surface area contributed by atoms with E-state index in [0.29, 0.717) is 60.2 Å². The maximum Gasteiger partial charge on any atom is 0.232 e. The first-order valence-corrected chi connectivity index (χ1v) is 16.0. The molecule has 0 radical (unpaired) electrons. The van der Waals surface area contributed by atoms with Crippen molar-refractivity contribution in [2.24, 2.45) is 0 Å². The van der Waals surface area contributed by atoms with Crippen LogP contribution in [-0.2, 0) is 14.8 Å². The van der Waals surface area contributed by atoms with Gasteiger partial charge in [0.05, 0.1) is 44.0 Å². The van der Waals surface area contributed by atoms with Gasteiger partial charge in [-0.3, -0.25) is 9.11 Å². The van der Waals surface area contributed by atoms with Gasteiger partial charge >= 0.3 is 0 Å². The number of halogens is 2. The molecule has 1 unspecified atom stereocenters. The van der Waals surface area contributed by atoms with Crippen molar-refractivity contribution < 1.29 is 26.7 Å². The lowest BCUT2D eigenvalue weighted by Gasteiger charge is -2.35. The molecule has 0 aliphatic carbocycles. The van der Waals surface area contributed by atoms with E-state index in [1.807, 2.05) is 32.2 Å². The average Bonchev–Trinajstić information content (AvgIpc) is 3.49. The summed E-state index contributed by atoms with van der Waals surface area (Å²) in [5.74, 6) is 0.315. The van der Waals surface area contributed by atoms with E-state index in [4.69, 9.17) is 19.4 Å². The molecule has 44 heavy (non-hydrogen) atoms. The lowest BCUT2D eigenvalue weighted by Crippen LogP contribution is -2.44. The van der Waals surface area contributed by atoms with Gasteiger partial charge in [-0.05, 0) is 56.2 Å². The summed E-state index contributed by atoms with van der Waals surface area (Å²) in [7, 11) is -3.94. The molecule has 0 saturated carbocycles. The lowest BCUT2D eigenvalue weighted by molar-refractivity contribution is 0.0987. The molecule has 1 aliphatic heterocycles. The Morgan fingerprint density at radius 2 is 2.05 bits per heavy atom. The highest BCUT2D eigenvalue weighted by Gasteiger charge is 2.26. The second-order valence-electron chi connectivity index (χ2n) is 10.6. The van der Waals surface area contributed by atoms with E-state index < -0.39 is 28.3 Å². The van der Waals surface area contributed by atoms with E-state index in [1.54, 1.807) is 30.5 Å². The highest BCUT2D eigenvalue weighted by Crippen LogP contribution is 2.40. The van der Waals surface area contributed by atoms with Gasteiger partial charge in [0.1, 0.15) is 22.7 Å². The Labute approximate surface area is 253 Å². The molecule has 1 saturated heterocycles. The number of H-pyrrole nitrogens is 1. The molecule has 2 aromatic carbocycles. The molecular weight excluding hydrogens is 590 g/mol. The number of benzene rings is 2. The van der Waals surface area contributed by atoms with Gasteiger partial charge in [0.2, 0.25) is 10.0 Å². The van der Waals surface area contributed by atoms with Gasteiger partial charge in [-0.25, -0.2) is 27.8 Å². The first kappa shape index (κ1) is 29.7. The SMILES string of the molecule is CCOc1cc(-c2cccc(NS(=O)(=O)CCCF)c2F)cc2c(N3CCOCC3C)nc(-c3cnc4[nH]ccc4c3)nc12. The summed E-state index contributed by atoms with van der Waals surface area (Å²) in [4.78, 5) is 19.7. The van der Waals surface area contributed by atoms with Crippen LogP contribution in [0.3, 0.4) is 0 Å². The summed E-state index contributed by atoms with van der Waals surface area (Å²) in [6, 6.07) is 11.9. The van der Waals surface area contributed by atoms with Crippen molar-refractivity contribution in [2.45, 2.75) is 26.3 Å². The average molecular weight is 623 g/mol. The van der Waals surface area contributed by atoms with Gasteiger partial charge < -0.3 is 19.4 Å². The van der Waals surface area contributed by atoms with Crippen LogP contribution in [0, 0.1) is 5.82 Å². The third-order valence-corrected chi connectivity index (χ3v) is 8.82. The first-order chi connectivity index (χ1) is 21.3. The van der Waals surface area contributed by atoms with E-state index in [1.165, 1.54) is 6.07 Å². The molecule has 1 aliphatic rings. The molecule has 1 atom stereocenters. The zero-order valence-corrected chi connectivity index (χ0v) is 25.1. The number of nitrogens with zero attached hydrogens (tertiary/aromatic N) is 4. The zero-order valence-electron chi connectivity index (χ0n) is 24.3. The second kappa shape index (κ2) is 12.3. The Kier molecular flexibility index (Phi) is 8.32. The van der Waals surface area contributed by atoms with Crippen molar-refractivity contribution in [3.05, 3.63) is 60.7 Å². The van der Waals surface area contributed by atoms with E-state index in [9.17, 15) is 12.8 Å². The fourth-order valence-electron chi connectivity index (χ4n) is 5.35. The molecule has 13 heteroatoms. The second-order valence-corrected chi connectivity index (χ2v) is 12.4. The third kappa shape index (κ3) is 5.89. The number of aromatic nitrogens is 4. The summed E-state index contributed by atoms with van der Waals surface area (Å²) in [6.07, 6.45) is 3.36. The molecular formula is C31H32F2N6O4S. The fraction of sp³-hybridized carbons (Fsp3) is 0.323. The smallest absolute Gasteiger partial charge is 0.232 e. The normalized spacial score (nSPS) is 15.6. The molecule has 230 valence electrons. The number of morpholine rings is 1. The number of sulfonamides is 1. The monoisotopic (exact) mass is 622 g/mol. The number of anilines is 2. The maximum absolute atomic E-state index is 15.9. The van der Waals surface area contributed by atoms with Crippen LogP contribution in [0.5, 0.6) is 5.75 Å². The number of ether oxygens (including phenoxy) is 2. The molecule has 3 aromatic heterocycles. The van der Waals surface area contributed by atoms with E-state index >= 15 is 4.39 Å². The van der Waals surface area contributed by atoms with Crippen molar-refractivity contribution in [1.29, 1.82) is 0 Å². The minimum atomic E-state index is -3.94. The molecule has 0 bridgehead atoms.